The van der Waals surface area contributed by atoms with Crippen LogP contribution in [0.2, 0.25) is 0 Å². The standard InChI is InChI=1S/C12H25NO2S/c1-12(2,3)16(14,15)8-7-10-5-6-11(10)9-13-4/h10-11,13H,5-9H2,1-4H3. The minimum atomic E-state index is -2.93. The summed E-state index contributed by atoms with van der Waals surface area (Å²) in [5.74, 6) is 1.66. The first kappa shape index (κ1) is 14.0. The zero-order valence-corrected chi connectivity index (χ0v) is 11.7. The van der Waals surface area contributed by atoms with Crippen LogP contribution in [0.25, 0.3) is 0 Å². The third kappa shape index (κ3) is 3.20. The quantitative estimate of drug-likeness (QED) is 0.806. The zero-order chi connectivity index (χ0) is 12.4. The molecule has 16 heavy (non-hydrogen) atoms. The molecule has 96 valence electrons. The van der Waals surface area contributed by atoms with Gasteiger partial charge in [-0.05, 0) is 65.5 Å². The Morgan fingerprint density at radius 1 is 1.19 bits per heavy atom. The summed E-state index contributed by atoms with van der Waals surface area (Å²) in [6, 6.07) is 0. The van der Waals surface area contributed by atoms with Gasteiger partial charge in [0.15, 0.2) is 9.84 Å². The molecule has 1 aliphatic rings. The molecule has 1 rings (SSSR count). The lowest BCUT2D eigenvalue weighted by Gasteiger charge is -2.37. The largest absolute Gasteiger partial charge is 0.319 e. The highest BCUT2D eigenvalue weighted by Crippen LogP contribution is 2.37. The van der Waals surface area contributed by atoms with Crippen LogP contribution in [0.15, 0.2) is 0 Å². The van der Waals surface area contributed by atoms with E-state index in [4.69, 9.17) is 0 Å². The lowest BCUT2D eigenvalue weighted by molar-refractivity contribution is 0.170. The first-order valence-electron chi connectivity index (χ1n) is 6.15. The summed E-state index contributed by atoms with van der Waals surface area (Å²) in [5, 5.41) is 3.18. The fourth-order valence-electron chi connectivity index (χ4n) is 2.16. The van der Waals surface area contributed by atoms with Gasteiger partial charge in [-0.2, -0.15) is 0 Å². The fraction of sp³-hybridized carbons (Fsp3) is 1.00. The summed E-state index contributed by atoms with van der Waals surface area (Å²) in [7, 11) is -0.968. The molecule has 0 heterocycles. The topological polar surface area (TPSA) is 46.2 Å². The van der Waals surface area contributed by atoms with Crippen molar-refractivity contribution in [2.45, 2.75) is 44.8 Å². The molecule has 4 heteroatoms. The molecule has 1 aliphatic carbocycles. The number of sulfone groups is 1. The second kappa shape index (κ2) is 5.05. The maximum Gasteiger partial charge on any atom is 0.155 e. The Morgan fingerprint density at radius 3 is 2.12 bits per heavy atom. The summed E-state index contributed by atoms with van der Waals surface area (Å²) >= 11 is 0. The van der Waals surface area contributed by atoms with Gasteiger partial charge in [-0.1, -0.05) is 0 Å². The zero-order valence-electron chi connectivity index (χ0n) is 10.9. The molecule has 0 amide bonds. The fourth-order valence-corrected chi connectivity index (χ4v) is 3.39. The molecule has 0 bridgehead atoms. The van der Waals surface area contributed by atoms with Gasteiger partial charge in [0, 0.05) is 0 Å². The van der Waals surface area contributed by atoms with Gasteiger partial charge in [0.25, 0.3) is 0 Å². The van der Waals surface area contributed by atoms with Crippen molar-refractivity contribution in [2.75, 3.05) is 19.3 Å². The van der Waals surface area contributed by atoms with Crippen LogP contribution in [0.3, 0.4) is 0 Å². The molecular weight excluding hydrogens is 222 g/mol. The van der Waals surface area contributed by atoms with Crippen LogP contribution in [-0.4, -0.2) is 32.5 Å². The Labute approximate surface area is 99.9 Å². The average Bonchev–Trinajstić information content (AvgIpc) is 2.10. The second-order valence-electron chi connectivity index (χ2n) is 5.88. The van der Waals surface area contributed by atoms with Crippen molar-refractivity contribution < 1.29 is 8.42 Å². The van der Waals surface area contributed by atoms with E-state index in [0.717, 1.165) is 13.0 Å². The minimum Gasteiger partial charge on any atom is -0.319 e. The van der Waals surface area contributed by atoms with Crippen molar-refractivity contribution in [2.24, 2.45) is 11.8 Å². The summed E-state index contributed by atoms with van der Waals surface area (Å²) in [6.45, 7) is 6.39. The first-order valence-corrected chi connectivity index (χ1v) is 7.80. The van der Waals surface area contributed by atoms with Crippen molar-refractivity contribution in [1.82, 2.24) is 5.32 Å². The molecule has 2 unspecified atom stereocenters. The molecule has 0 aromatic carbocycles. The van der Waals surface area contributed by atoms with Gasteiger partial charge in [-0.15, -0.1) is 0 Å². The Balaban J connectivity index is 2.41. The number of rotatable bonds is 5. The molecule has 0 aromatic heterocycles. The maximum atomic E-state index is 11.9. The normalized spacial score (nSPS) is 26.5. The third-order valence-corrected chi connectivity index (χ3v) is 6.37. The van der Waals surface area contributed by atoms with Crippen molar-refractivity contribution >= 4 is 9.84 Å². The van der Waals surface area contributed by atoms with Gasteiger partial charge < -0.3 is 5.32 Å². The van der Waals surface area contributed by atoms with Crippen LogP contribution >= 0.6 is 0 Å². The smallest absolute Gasteiger partial charge is 0.155 e. The molecule has 0 aliphatic heterocycles. The van der Waals surface area contributed by atoms with Gasteiger partial charge >= 0.3 is 0 Å². The van der Waals surface area contributed by atoms with E-state index in [1.165, 1.54) is 12.8 Å². The summed E-state index contributed by atoms with van der Waals surface area (Å²) in [5.41, 5.74) is 0. The van der Waals surface area contributed by atoms with Gasteiger partial charge in [0.1, 0.15) is 0 Å². The van der Waals surface area contributed by atoms with Gasteiger partial charge in [0.05, 0.1) is 10.5 Å². The molecule has 0 spiro atoms. The Hall–Kier alpha value is -0.0900. The lowest BCUT2D eigenvalue weighted by Crippen LogP contribution is -2.37. The van der Waals surface area contributed by atoms with Gasteiger partial charge in [-0.25, -0.2) is 8.42 Å². The van der Waals surface area contributed by atoms with Crippen LogP contribution in [0, 0.1) is 11.8 Å². The summed E-state index contributed by atoms with van der Waals surface area (Å²) in [6.07, 6.45) is 3.29. The molecule has 1 saturated carbocycles. The van der Waals surface area contributed by atoms with Crippen LogP contribution in [0.5, 0.6) is 0 Å². The molecule has 0 radical (unpaired) electrons. The van der Waals surface area contributed by atoms with Crippen LogP contribution in [0.4, 0.5) is 0 Å². The van der Waals surface area contributed by atoms with Gasteiger partial charge in [-0.3, -0.25) is 0 Å². The SMILES string of the molecule is CNCC1CCC1CCS(=O)(=O)C(C)(C)C. The van der Waals surface area contributed by atoms with Crippen molar-refractivity contribution in [3.8, 4) is 0 Å². The monoisotopic (exact) mass is 247 g/mol. The van der Waals surface area contributed by atoms with E-state index in [0.29, 0.717) is 17.6 Å². The number of nitrogens with one attached hydrogen (secondary N) is 1. The average molecular weight is 247 g/mol. The highest BCUT2D eigenvalue weighted by molar-refractivity contribution is 7.92. The molecule has 3 nitrogen and oxygen atoms in total. The lowest BCUT2D eigenvalue weighted by atomic mass is 9.72. The third-order valence-electron chi connectivity index (χ3n) is 3.73. The molecule has 1 fully saturated rings. The van der Waals surface area contributed by atoms with Crippen LogP contribution < -0.4 is 5.32 Å². The Morgan fingerprint density at radius 2 is 1.75 bits per heavy atom. The van der Waals surface area contributed by atoms with E-state index >= 15 is 0 Å². The molecular formula is C12H25NO2S. The Bertz CT molecular complexity index is 316. The minimum absolute atomic E-state index is 0.349. The highest BCUT2D eigenvalue weighted by Gasteiger charge is 2.34. The molecule has 0 aromatic rings. The van der Waals surface area contributed by atoms with Crippen LogP contribution in [0.1, 0.15) is 40.0 Å². The van der Waals surface area contributed by atoms with Gasteiger partial charge in [0.2, 0.25) is 0 Å². The van der Waals surface area contributed by atoms with Crippen molar-refractivity contribution in [1.29, 1.82) is 0 Å². The van der Waals surface area contributed by atoms with E-state index in [2.05, 4.69) is 5.32 Å². The predicted octanol–water partition coefficient (Wildman–Crippen LogP) is 1.84. The van der Waals surface area contributed by atoms with Crippen molar-refractivity contribution in [3.63, 3.8) is 0 Å². The van der Waals surface area contributed by atoms with Crippen molar-refractivity contribution in [3.05, 3.63) is 0 Å². The van der Waals surface area contributed by atoms with E-state index < -0.39 is 14.6 Å². The predicted molar refractivity (Wildman–Crippen MR) is 68.3 cm³/mol. The number of hydrogen-bond donors (Lipinski definition) is 1. The van der Waals surface area contributed by atoms with E-state index in [1.54, 1.807) is 20.8 Å². The molecule has 2 atom stereocenters. The van der Waals surface area contributed by atoms with E-state index in [9.17, 15) is 8.42 Å². The summed E-state index contributed by atoms with van der Waals surface area (Å²) in [4.78, 5) is 0. The van der Waals surface area contributed by atoms with E-state index in [-0.39, 0.29) is 0 Å². The highest BCUT2D eigenvalue weighted by atomic mass is 32.2. The maximum absolute atomic E-state index is 11.9. The molecule has 0 saturated heterocycles. The number of hydrogen-bond acceptors (Lipinski definition) is 3. The first-order chi connectivity index (χ1) is 7.28. The second-order valence-corrected chi connectivity index (χ2v) is 8.74. The molecule has 1 N–H and O–H groups in total. The summed E-state index contributed by atoms with van der Waals surface area (Å²) < 4.78 is 23.3. The Kier molecular flexibility index (Phi) is 4.41. The van der Waals surface area contributed by atoms with E-state index in [1.807, 2.05) is 7.05 Å². The van der Waals surface area contributed by atoms with Crippen LogP contribution in [-0.2, 0) is 9.84 Å².